The quantitative estimate of drug-likeness (QED) is 0.159. The van der Waals surface area contributed by atoms with E-state index in [0.29, 0.717) is 5.75 Å². The molecule has 0 spiro atoms. The van der Waals surface area contributed by atoms with Crippen molar-refractivity contribution >= 4 is 43.5 Å². The van der Waals surface area contributed by atoms with Crippen LogP contribution >= 0.6 is 15.9 Å². The third-order valence-electron chi connectivity index (χ3n) is 8.68. The molecule has 252 valence electrons. The number of nitrogens with zero attached hydrogens (tertiary/aromatic N) is 2. The minimum atomic E-state index is -4.24. The summed E-state index contributed by atoms with van der Waals surface area (Å²) in [5.41, 5.74) is 2.73. The third kappa shape index (κ3) is 8.85. The van der Waals surface area contributed by atoms with E-state index in [1.54, 1.807) is 30.3 Å². The molecule has 4 aromatic carbocycles. The summed E-state index contributed by atoms with van der Waals surface area (Å²) in [5, 5.41) is 3.24. The zero-order valence-corrected chi connectivity index (χ0v) is 29.8. The second-order valence-electron chi connectivity index (χ2n) is 12.2. The first-order valence-corrected chi connectivity index (χ1v) is 18.5. The van der Waals surface area contributed by atoms with E-state index in [1.807, 2.05) is 67.6 Å². The second kappa shape index (κ2) is 16.3. The van der Waals surface area contributed by atoms with Gasteiger partial charge in [-0.1, -0.05) is 102 Å². The van der Waals surface area contributed by atoms with Gasteiger partial charge in [0.05, 0.1) is 17.7 Å². The van der Waals surface area contributed by atoms with Gasteiger partial charge in [-0.25, -0.2) is 8.42 Å². The van der Waals surface area contributed by atoms with Crippen LogP contribution in [0.1, 0.15) is 48.8 Å². The molecule has 1 aliphatic rings. The van der Waals surface area contributed by atoms with Gasteiger partial charge in [-0.2, -0.15) is 0 Å². The van der Waals surface area contributed by atoms with E-state index in [4.69, 9.17) is 4.74 Å². The van der Waals surface area contributed by atoms with Gasteiger partial charge in [-0.05, 0) is 72.9 Å². The molecule has 5 rings (SSSR count). The predicted molar refractivity (Wildman–Crippen MR) is 192 cm³/mol. The highest BCUT2D eigenvalue weighted by Gasteiger charge is 2.36. The van der Waals surface area contributed by atoms with Crippen LogP contribution in [0.2, 0.25) is 0 Å². The molecule has 0 heterocycles. The van der Waals surface area contributed by atoms with E-state index in [0.717, 1.165) is 57.6 Å². The predicted octanol–water partition coefficient (Wildman–Crippen LogP) is 7.05. The van der Waals surface area contributed by atoms with E-state index in [-0.39, 0.29) is 35.5 Å². The third-order valence-corrected chi connectivity index (χ3v) is 10.9. The van der Waals surface area contributed by atoms with Crippen LogP contribution in [0.3, 0.4) is 0 Å². The highest BCUT2D eigenvalue weighted by Crippen LogP contribution is 2.34. The fourth-order valence-electron chi connectivity index (χ4n) is 6.16. The summed E-state index contributed by atoms with van der Waals surface area (Å²) in [6, 6.07) is 29.5. The number of hydrogen-bond acceptors (Lipinski definition) is 5. The average molecular weight is 733 g/mol. The Balaban J connectivity index is 1.60. The number of carbonyl (C=O) groups is 2. The molecule has 4 aromatic rings. The topological polar surface area (TPSA) is 96.0 Å². The highest BCUT2D eigenvalue weighted by atomic mass is 79.9. The number of carbonyl (C=O) groups excluding carboxylic acids is 2. The molecule has 48 heavy (non-hydrogen) atoms. The summed E-state index contributed by atoms with van der Waals surface area (Å²) in [7, 11) is -2.77. The maximum absolute atomic E-state index is 14.8. The number of nitrogens with one attached hydrogen (secondary N) is 1. The zero-order chi connectivity index (χ0) is 34.1. The van der Waals surface area contributed by atoms with Gasteiger partial charge in [0.2, 0.25) is 11.8 Å². The van der Waals surface area contributed by atoms with Crippen LogP contribution in [0.25, 0.3) is 0 Å². The first-order valence-electron chi connectivity index (χ1n) is 16.3. The van der Waals surface area contributed by atoms with Crippen LogP contribution in [0.4, 0.5) is 5.69 Å². The fraction of sp³-hybridized carbons (Fsp3) is 0.316. The Labute approximate surface area is 292 Å². The summed E-state index contributed by atoms with van der Waals surface area (Å²) in [6.07, 6.45) is 5.26. The lowest BCUT2D eigenvalue weighted by molar-refractivity contribution is -0.140. The Bertz CT molecular complexity index is 1800. The van der Waals surface area contributed by atoms with Crippen LogP contribution in [0, 0.1) is 6.92 Å². The van der Waals surface area contributed by atoms with Gasteiger partial charge < -0.3 is 15.0 Å². The summed E-state index contributed by atoms with van der Waals surface area (Å²) in [4.78, 5) is 30.6. The molecule has 1 atom stereocenters. The fourth-order valence-corrected chi connectivity index (χ4v) is 8.04. The molecule has 0 bridgehead atoms. The monoisotopic (exact) mass is 731 g/mol. The van der Waals surface area contributed by atoms with E-state index < -0.39 is 28.5 Å². The van der Waals surface area contributed by atoms with Crippen molar-refractivity contribution in [1.82, 2.24) is 10.2 Å². The lowest BCUT2D eigenvalue weighted by Crippen LogP contribution is -2.55. The average Bonchev–Trinajstić information content (AvgIpc) is 3.09. The second-order valence-corrected chi connectivity index (χ2v) is 15.0. The van der Waals surface area contributed by atoms with Crippen molar-refractivity contribution < 1.29 is 22.7 Å². The van der Waals surface area contributed by atoms with Crippen LogP contribution in [0.15, 0.2) is 112 Å². The summed E-state index contributed by atoms with van der Waals surface area (Å²) in [6.45, 7) is 1.40. The molecular weight excluding hydrogens is 690 g/mol. The van der Waals surface area contributed by atoms with Gasteiger partial charge in [0.1, 0.15) is 18.3 Å². The van der Waals surface area contributed by atoms with Crippen molar-refractivity contribution in [2.45, 2.75) is 69.0 Å². The van der Waals surface area contributed by atoms with Crippen molar-refractivity contribution in [2.24, 2.45) is 0 Å². The standard InChI is InChI=1S/C38H42BrN3O5S/c1-28-21-22-36(47-2)34(23-28)42(48(45,46)33-19-10-5-11-20-33)27-37(43)41(26-30-15-12-16-31(39)24-30)35(25-29-13-6-3-7-14-29)38(44)40-32-17-8-4-9-18-32/h3,5-7,10-16,19-24,32,35H,4,8-9,17-18,25-27H2,1-2H3,(H,40,44)/t35-/m0/s1. The maximum Gasteiger partial charge on any atom is 0.264 e. The molecule has 8 nitrogen and oxygen atoms in total. The lowest BCUT2D eigenvalue weighted by Gasteiger charge is -2.35. The van der Waals surface area contributed by atoms with E-state index in [1.165, 1.54) is 24.1 Å². The first-order chi connectivity index (χ1) is 23.2. The van der Waals surface area contributed by atoms with Crippen LogP contribution < -0.4 is 14.4 Å². The Hall–Kier alpha value is -4.15. The van der Waals surface area contributed by atoms with Crippen molar-refractivity contribution in [3.05, 3.63) is 124 Å². The minimum Gasteiger partial charge on any atom is -0.495 e. The zero-order valence-electron chi connectivity index (χ0n) is 27.3. The van der Waals surface area contributed by atoms with Gasteiger partial charge in [-0.15, -0.1) is 0 Å². The lowest BCUT2D eigenvalue weighted by atomic mass is 9.94. The first kappa shape index (κ1) is 35.2. The largest absolute Gasteiger partial charge is 0.495 e. The van der Waals surface area contributed by atoms with Gasteiger partial charge in [-0.3, -0.25) is 13.9 Å². The van der Waals surface area contributed by atoms with Crippen molar-refractivity contribution in [1.29, 1.82) is 0 Å². The molecule has 0 radical (unpaired) electrons. The molecular formula is C38H42BrN3O5S. The number of anilines is 1. The Kier molecular flexibility index (Phi) is 11.9. The number of rotatable bonds is 13. The smallest absolute Gasteiger partial charge is 0.264 e. The van der Waals surface area contributed by atoms with E-state index >= 15 is 0 Å². The van der Waals surface area contributed by atoms with E-state index in [2.05, 4.69) is 21.2 Å². The number of amides is 2. The van der Waals surface area contributed by atoms with Crippen molar-refractivity contribution in [2.75, 3.05) is 18.0 Å². The van der Waals surface area contributed by atoms with Crippen LogP contribution in [0.5, 0.6) is 5.75 Å². The number of hydrogen-bond donors (Lipinski definition) is 1. The Morgan fingerprint density at radius 3 is 2.21 bits per heavy atom. The molecule has 0 saturated heterocycles. The number of benzene rings is 4. The van der Waals surface area contributed by atoms with Gasteiger partial charge in [0.15, 0.2) is 0 Å². The Morgan fingerprint density at radius 1 is 0.875 bits per heavy atom. The van der Waals surface area contributed by atoms with Crippen LogP contribution in [-0.2, 0) is 32.6 Å². The number of methoxy groups -OCH3 is 1. The van der Waals surface area contributed by atoms with Crippen LogP contribution in [-0.4, -0.2) is 50.9 Å². The summed E-state index contributed by atoms with van der Waals surface area (Å²) in [5.74, 6) is -0.459. The van der Waals surface area contributed by atoms with Gasteiger partial charge in [0.25, 0.3) is 10.0 Å². The molecule has 10 heteroatoms. The van der Waals surface area contributed by atoms with Crippen molar-refractivity contribution in [3.8, 4) is 5.75 Å². The summed E-state index contributed by atoms with van der Waals surface area (Å²) < 4.78 is 36.2. The maximum atomic E-state index is 14.8. The molecule has 2 amide bonds. The molecule has 1 aliphatic carbocycles. The van der Waals surface area contributed by atoms with Crippen molar-refractivity contribution in [3.63, 3.8) is 0 Å². The highest BCUT2D eigenvalue weighted by molar-refractivity contribution is 9.10. The molecule has 1 N–H and O–H groups in total. The molecule has 0 aromatic heterocycles. The SMILES string of the molecule is COc1ccc(C)cc1N(CC(=O)N(Cc1cccc(Br)c1)[C@@H](Cc1ccccc1)C(=O)NC1CCCCC1)S(=O)(=O)c1ccccc1. The Morgan fingerprint density at radius 2 is 1.54 bits per heavy atom. The summed E-state index contributed by atoms with van der Waals surface area (Å²) >= 11 is 3.54. The number of halogens is 1. The van der Waals surface area contributed by atoms with E-state index in [9.17, 15) is 18.0 Å². The van der Waals surface area contributed by atoms with Gasteiger partial charge >= 0.3 is 0 Å². The molecule has 0 unspecified atom stereocenters. The van der Waals surface area contributed by atoms with Gasteiger partial charge in [0, 0.05) is 23.5 Å². The number of sulfonamides is 1. The number of ether oxygens (including phenoxy) is 1. The number of aryl methyl sites for hydroxylation is 1. The molecule has 1 fully saturated rings. The molecule has 0 aliphatic heterocycles. The minimum absolute atomic E-state index is 0.0267. The molecule has 1 saturated carbocycles. The normalized spacial score (nSPS) is 14.1.